The zero-order valence-corrected chi connectivity index (χ0v) is 9.35. The van der Waals surface area contributed by atoms with Gasteiger partial charge in [0.25, 0.3) is 5.91 Å². The number of carbonyl (C=O) groups is 1. The standard InChI is InChI=1S/C8H9F3N4O4/c9-8(10,11)4-13-6(17)2-14-5(3-16)12-1-7(14)15(18)19/h1,16H,2-4H2,(H,13,17). The predicted octanol–water partition coefficient (Wildman–Crippen LogP) is -0.0379. The molecular weight excluding hydrogens is 273 g/mol. The van der Waals surface area contributed by atoms with Gasteiger partial charge in [0, 0.05) is 0 Å². The quantitative estimate of drug-likeness (QED) is 0.581. The molecule has 0 radical (unpaired) electrons. The van der Waals surface area contributed by atoms with Gasteiger partial charge in [-0.15, -0.1) is 0 Å². The van der Waals surface area contributed by atoms with Gasteiger partial charge < -0.3 is 20.5 Å². The number of hydrogen-bond donors (Lipinski definition) is 2. The van der Waals surface area contributed by atoms with Crippen molar-refractivity contribution in [2.24, 2.45) is 0 Å². The Kier molecular flexibility index (Phi) is 4.43. The first-order valence-corrected chi connectivity index (χ1v) is 4.87. The van der Waals surface area contributed by atoms with Crippen LogP contribution in [0.4, 0.5) is 19.0 Å². The summed E-state index contributed by atoms with van der Waals surface area (Å²) in [5.41, 5.74) is 0. The Hall–Kier alpha value is -2.17. The third-order valence-corrected chi connectivity index (χ3v) is 2.03. The normalized spacial score (nSPS) is 11.4. The van der Waals surface area contributed by atoms with Gasteiger partial charge in [0.15, 0.2) is 6.54 Å². The summed E-state index contributed by atoms with van der Waals surface area (Å²) < 4.78 is 36.3. The van der Waals surface area contributed by atoms with Gasteiger partial charge in [-0.25, -0.2) is 4.98 Å². The van der Waals surface area contributed by atoms with E-state index in [1.54, 1.807) is 5.32 Å². The Morgan fingerprint density at radius 3 is 2.68 bits per heavy atom. The number of rotatable bonds is 5. The van der Waals surface area contributed by atoms with Crippen LogP contribution in [0.3, 0.4) is 0 Å². The summed E-state index contributed by atoms with van der Waals surface area (Å²) in [6.07, 6.45) is -3.76. The number of alkyl halides is 3. The molecule has 1 aromatic heterocycles. The number of amides is 1. The molecule has 2 N–H and O–H groups in total. The van der Waals surface area contributed by atoms with Crippen LogP contribution in [0, 0.1) is 10.1 Å². The summed E-state index contributed by atoms with van der Waals surface area (Å²) in [4.78, 5) is 24.5. The topological polar surface area (TPSA) is 110 Å². The van der Waals surface area contributed by atoms with Crippen molar-refractivity contribution < 1.29 is 28.0 Å². The highest BCUT2D eigenvalue weighted by atomic mass is 19.4. The number of nitro groups is 1. The highest BCUT2D eigenvalue weighted by Gasteiger charge is 2.29. The molecule has 0 fully saturated rings. The predicted molar refractivity (Wildman–Crippen MR) is 53.9 cm³/mol. The lowest BCUT2D eigenvalue weighted by Gasteiger charge is -2.08. The molecule has 0 saturated heterocycles. The number of nitrogens with zero attached hydrogens (tertiary/aromatic N) is 3. The van der Waals surface area contributed by atoms with E-state index in [0.717, 1.165) is 10.8 Å². The molecule has 106 valence electrons. The van der Waals surface area contributed by atoms with Gasteiger partial charge in [0.05, 0.1) is 0 Å². The summed E-state index contributed by atoms with van der Waals surface area (Å²) in [6, 6.07) is 0. The van der Waals surface area contributed by atoms with E-state index in [1.165, 1.54) is 0 Å². The van der Waals surface area contributed by atoms with Crippen molar-refractivity contribution in [3.05, 3.63) is 22.1 Å². The Morgan fingerprint density at radius 1 is 1.58 bits per heavy atom. The number of aromatic nitrogens is 2. The van der Waals surface area contributed by atoms with E-state index in [9.17, 15) is 28.1 Å². The molecule has 0 spiro atoms. The Bertz CT molecular complexity index is 485. The molecule has 0 aromatic carbocycles. The number of aliphatic hydroxyl groups is 1. The first-order valence-electron chi connectivity index (χ1n) is 4.87. The van der Waals surface area contributed by atoms with Crippen molar-refractivity contribution >= 4 is 11.7 Å². The van der Waals surface area contributed by atoms with E-state index < -0.39 is 42.5 Å². The van der Waals surface area contributed by atoms with Crippen LogP contribution in [0.15, 0.2) is 6.20 Å². The molecular formula is C8H9F3N4O4. The molecule has 0 aliphatic carbocycles. The van der Waals surface area contributed by atoms with Crippen LogP contribution in [-0.2, 0) is 17.9 Å². The molecule has 11 heteroatoms. The molecule has 8 nitrogen and oxygen atoms in total. The number of halogens is 3. The van der Waals surface area contributed by atoms with Gasteiger partial charge in [0.2, 0.25) is 5.82 Å². The van der Waals surface area contributed by atoms with E-state index in [0.29, 0.717) is 0 Å². The van der Waals surface area contributed by atoms with Crippen molar-refractivity contribution in [1.82, 2.24) is 14.9 Å². The van der Waals surface area contributed by atoms with Crippen LogP contribution >= 0.6 is 0 Å². The van der Waals surface area contributed by atoms with E-state index >= 15 is 0 Å². The van der Waals surface area contributed by atoms with Gasteiger partial charge in [0.1, 0.15) is 19.3 Å². The van der Waals surface area contributed by atoms with Crippen molar-refractivity contribution in [3.63, 3.8) is 0 Å². The highest BCUT2D eigenvalue weighted by molar-refractivity contribution is 5.76. The molecule has 1 heterocycles. The third kappa shape index (κ3) is 4.21. The van der Waals surface area contributed by atoms with E-state index in [4.69, 9.17) is 5.11 Å². The lowest BCUT2D eigenvalue weighted by Crippen LogP contribution is -2.36. The first-order chi connectivity index (χ1) is 8.74. The van der Waals surface area contributed by atoms with Crippen molar-refractivity contribution in [3.8, 4) is 0 Å². The Labute approximate surface area is 104 Å². The van der Waals surface area contributed by atoms with Crippen LogP contribution in [0.5, 0.6) is 0 Å². The van der Waals surface area contributed by atoms with Crippen LogP contribution in [0.2, 0.25) is 0 Å². The van der Waals surface area contributed by atoms with Gasteiger partial charge >= 0.3 is 12.0 Å². The van der Waals surface area contributed by atoms with Gasteiger partial charge in [-0.2, -0.15) is 17.7 Å². The summed E-state index contributed by atoms with van der Waals surface area (Å²) in [5, 5.41) is 21.0. The minimum Gasteiger partial charge on any atom is -0.386 e. The number of carbonyl (C=O) groups excluding carboxylic acids is 1. The zero-order chi connectivity index (χ0) is 14.6. The van der Waals surface area contributed by atoms with Gasteiger partial charge in [-0.3, -0.25) is 4.79 Å². The SMILES string of the molecule is O=C(Cn1c([N+](=O)[O-])cnc1CO)NCC(F)(F)F. The molecule has 0 bridgehead atoms. The number of aliphatic hydroxyl groups excluding tert-OH is 1. The number of nitrogens with one attached hydrogen (secondary N) is 1. The lowest BCUT2D eigenvalue weighted by molar-refractivity contribution is -0.392. The van der Waals surface area contributed by atoms with Crippen molar-refractivity contribution in [2.75, 3.05) is 6.54 Å². The molecule has 1 amide bonds. The zero-order valence-electron chi connectivity index (χ0n) is 9.35. The van der Waals surface area contributed by atoms with Crippen molar-refractivity contribution in [1.29, 1.82) is 0 Å². The highest BCUT2D eigenvalue weighted by Crippen LogP contribution is 2.15. The average molecular weight is 282 g/mol. The van der Waals surface area contributed by atoms with Crippen LogP contribution in [-0.4, -0.2) is 38.2 Å². The van der Waals surface area contributed by atoms with E-state index in [1.807, 2.05) is 0 Å². The second kappa shape index (κ2) is 5.65. The monoisotopic (exact) mass is 282 g/mol. The van der Waals surface area contributed by atoms with Crippen LogP contribution < -0.4 is 5.32 Å². The molecule has 19 heavy (non-hydrogen) atoms. The van der Waals surface area contributed by atoms with E-state index in [-0.39, 0.29) is 5.82 Å². The fourth-order valence-electron chi connectivity index (χ4n) is 1.25. The summed E-state index contributed by atoms with van der Waals surface area (Å²) >= 11 is 0. The number of hydrogen-bond acceptors (Lipinski definition) is 5. The number of imidazole rings is 1. The Morgan fingerprint density at radius 2 is 2.21 bits per heavy atom. The first kappa shape index (κ1) is 14.9. The third-order valence-electron chi connectivity index (χ3n) is 2.03. The largest absolute Gasteiger partial charge is 0.405 e. The van der Waals surface area contributed by atoms with Crippen LogP contribution in [0.1, 0.15) is 5.82 Å². The average Bonchev–Trinajstić information content (AvgIpc) is 2.68. The van der Waals surface area contributed by atoms with Gasteiger partial charge in [-0.05, 0) is 4.92 Å². The minimum absolute atomic E-state index is 0.186. The maximum atomic E-state index is 11.9. The van der Waals surface area contributed by atoms with Gasteiger partial charge in [-0.1, -0.05) is 0 Å². The molecule has 0 atom stereocenters. The molecule has 1 aromatic rings. The van der Waals surface area contributed by atoms with E-state index in [2.05, 4.69) is 4.98 Å². The maximum Gasteiger partial charge on any atom is 0.405 e. The maximum absolute atomic E-state index is 11.9. The minimum atomic E-state index is -4.57. The molecule has 0 aliphatic heterocycles. The fraction of sp³-hybridized carbons (Fsp3) is 0.500. The fourth-order valence-corrected chi connectivity index (χ4v) is 1.25. The lowest BCUT2D eigenvalue weighted by atomic mass is 10.5. The molecule has 0 aliphatic rings. The summed E-state index contributed by atoms with van der Waals surface area (Å²) in [6.45, 7) is -2.95. The summed E-state index contributed by atoms with van der Waals surface area (Å²) in [7, 11) is 0. The molecule has 0 saturated carbocycles. The summed E-state index contributed by atoms with van der Waals surface area (Å²) in [5.74, 6) is -1.85. The molecule has 0 unspecified atom stereocenters. The van der Waals surface area contributed by atoms with Crippen molar-refractivity contribution in [2.45, 2.75) is 19.3 Å². The second-order valence-electron chi connectivity index (χ2n) is 3.43. The smallest absolute Gasteiger partial charge is 0.386 e. The Balaban J connectivity index is 2.78. The second-order valence-corrected chi connectivity index (χ2v) is 3.43. The molecule has 1 rings (SSSR count). The van der Waals surface area contributed by atoms with Crippen LogP contribution in [0.25, 0.3) is 0 Å².